The van der Waals surface area contributed by atoms with E-state index in [1.54, 1.807) is 0 Å². The van der Waals surface area contributed by atoms with Crippen LogP contribution in [0, 0.1) is 0 Å². The average molecular weight is 333 g/mol. The second-order valence-electron chi connectivity index (χ2n) is 4.19. The molecule has 0 aliphatic carbocycles. The van der Waals surface area contributed by atoms with Crippen LogP contribution < -0.4 is 10.1 Å². The van der Waals surface area contributed by atoms with Crippen LogP contribution in [0.5, 0.6) is 5.75 Å². The van der Waals surface area contributed by atoms with Crippen LogP contribution in [0.3, 0.4) is 0 Å². The Balaban J connectivity index is 2.82. The van der Waals surface area contributed by atoms with Crippen molar-refractivity contribution in [1.82, 2.24) is 5.32 Å². The van der Waals surface area contributed by atoms with Crippen LogP contribution in [0.25, 0.3) is 0 Å². The zero-order chi connectivity index (χ0) is 17.2. The van der Waals surface area contributed by atoms with Crippen molar-refractivity contribution in [3.8, 4) is 5.75 Å². The summed E-state index contributed by atoms with van der Waals surface area (Å²) in [6, 6.07) is 3.75. The van der Waals surface area contributed by atoms with Gasteiger partial charge in [-0.2, -0.15) is 30.7 Å². The third-order valence-corrected chi connectivity index (χ3v) is 2.62. The molecule has 0 saturated heterocycles. The van der Waals surface area contributed by atoms with Gasteiger partial charge in [-0.3, -0.25) is 4.79 Å². The van der Waals surface area contributed by atoms with Crippen molar-refractivity contribution in [3.63, 3.8) is 0 Å². The van der Waals surface area contributed by atoms with E-state index < -0.39 is 36.0 Å². The molecule has 0 aliphatic heterocycles. The Morgan fingerprint density at radius 3 is 1.95 bits per heavy atom. The SMILES string of the molecule is COc1ccc(C(F)(F)C(=O)NCC(F)(F)C(F)(F)F)cc1. The van der Waals surface area contributed by atoms with E-state index >= 15 is 0 Å². The van der Waals surface area contributed by atoms with E-state index in [-0.39, 0.29) is 5.75 Å². The molecule has 1 aromatic rings. The Bertz CT molecular complexity index is 525. The topological polar surface area (TPSA) is 38.3 Å². The summed E-state index contributed by atoms with van der Waals surface area (Å²) in [7, 11) is 1.26. The minimum absolute atomic E-state index is 0.198. The van der Waals surface area contributed by atoms with Crippen molar-refractivity contribution in [2.45, 2.75) is 18.0 Å². The third-order valence-electron chi connectivity index (χ3n) is 2.62. The van der Waals surface area contributed by atoms with Gasteiger partial charge < -0.3 is 10.1 Å². The first kappa shape index (κ1) is 18.1. The summed E-state index contributed by atoms with van der Waals surface area (Å²) in [5, 5.41) is 0.907. The number of methoxy groups -OCH3 is 1. The molecule has 0 bridgehead atoms. The van der Waals surface area contributed by atoms with Crippen LogP contribution in [0.15, 0.2) is 24.3 Å². The molecule has 124 valence electrons. The predicted molar refractivity (Wildman–Crippen MR) is 60.9 cm³/mol. The van der Waals surface area contributed by atoms with E-state index in [1.807, 2.05) is 0 Å². The highest BCUT2D eigenvalue weighted by Gasteiger charge is 2.58. The maximum Gasteiger partial charge on any atom is 0.455 e. The second-order valence-corrected chi connectivity index (χ2v) is 4.19. The van der Waals surface area contributed by atoms with E-state index in [9.17, 15) is 35.5 Å². The van der Waals surface area contributed by atoms with Gasteiger partial charge in [0.15, 0.2) is 0 Å². The molecule has 0 fully saturated rings. The Kier molecular flexibility index (Phi) is 4.93. The molecule has 0 aromatic heterocycles. The van der Waals surface area contributed by atoms with Gasteiger partial charge in [-0.25, -0.2) is 0 Å². The molecule has 0 atom stereocenters. The maximum atomic E-state index is 13.7. The molecular formula is C12H10F7NO2. The molecule has 0 aliphatic rings. The number of amides is 1. The molecule has 0 unspecified atom stereocenters. The summed E-state index contributed by atoms with van der Waals surface area (Å²) >= 11 is 0. The van der Waals surface area contributed by atoms with Gasteiger partial charge in [-0.05, 0) is 24.3 Å². The largest absolute Gasteiger partial charge is 0.497 e. The molecule has 0 radical (unpaired) electrons. The highest BCUT2D eigenvalue weighted by molar-refractivity contribution is 5.84. The third kappa shape index (κ3) is 3.80. The number of nitrogens with one attached hydrogen (secondary N) is 1. The number of carbonyl (C=O) groups excluding carboxylic acids is 1. The van der Waals surface area contributed by atoms with Crippen molar-refractivity contribution in [3.05, 3.63) is 29.8 Å². The maximum absolute atomic E-state index is 13.7. The molecule has 1 amide bonds. The van der Waals surface area contributed by atoms with Crippen molar-refractivity contribution in [1.29, 1.82) is 0 Å². The Hall–Kier alpha value is -2.00. The van der Waals surface area contributed by atoms with Gasteiger partial charge in [0, 0.05) is 5.56 Å². The highest BCUT2D eigenvalue weighted by atomic mass is 19.4. The molecule has 1 rings (SSSR count). The molecule has 3 nitrogen and oxygen atoms in total. The molecular weight excluding hydrogens is 323 g/mol. The molecule has 22 heavy (non-hydrogen) atoms. The van der Waals surface area contributed by atoms with Gasteiger partial charge in [0.1, 0.15) is 5.75 Å². The van der Waals surface area contributed by atoms with Crippen molar-refractivity contribution >= 4 is 5.91 Å². The standard InChI is InChI=1S/C12H10F7NO2/c1-22-8-4-2-7(3-5-8)11(15,16)9(21)20-6-10(13,14)12(17,18)19/h2-5H,6H2,1H3,(H,20,21). The fourth-order valence-electron chi connectivity index (χ4n) is 1.33. The van der Waals surface area contributed by atoms with Gasteiger partial charge in [-0.15, -0.1) is 0 Å². The quantitative estimate of drug-likeness (QED) is 0.841. The fourth-order valence-corrected chi connectivity index (χ4v) is 1.33. The van der Waals surface area contributed by atoms with Crippen molar-refractivity contribution < 1.29 is 40.3 Å². The number of alkyl halides is 7. The Morgan fingerprint density at radius 2 is 1.55 bits per heavy atom. The van der Waals surface area contributed by atoms with E-state index in [4.69, 9.17) is 4.74 Å². The first-order valence-corrected chi connectivity index (χ1v) is 5.67. The highest BCUT2D eigenvalue weighted by Crippen LogP contribution is 2.35. The number of hydrogen-bond donors (Lipinski definition) is 1. The van der Waals surface area contributed by atoms with E-state index in [0.717, 1.165) is 29.6 Å². The summed E-state index contributed by atoms with van der Waals surface area (Å²) in [6.07, 6.45) is -5.95. The number of rotatable bonds is 5. The van der Waals surface area contributed by atoms with E-state index in [0.29, 0.717) is 0 Å². The number of hydrogen-bond acceptors (Lipinski definition) is 2. The number of halogens is 7. The molecule has 10 heteroatoms. The molecule has 1 aromatic carbocycles. The number of carbonyl (C=O) groups is 1. The Labute approximate surface area is 120 Å². The summed E-state index contributed by atoms with van der Waals surface area (Å²) in [6.45, 7) is -2.28. The monoisotopic (exact) mass is 333 g/mol. The van der Waals surface area contributed by atoms with E-state index in [1.165, 1.54) is 7.11 Å². The number of benzene rings is 1. The van der Waals surface area contributed by atoms with Crippen LogP contribution in [0.2, 0.25) is 0 Å². The summed E-state index contributed by atoms with van der Waals surface area (Å²) in [5.74, 6) is -11.6. The van der Waals surface area contributed by atoms with Gasteiger partial charge in [-0.1, -0.05) is 0 Å². The lowest BCUT2D eigenvalue weighted by Gasteiger charge is -2.22. The van der Waals surface area contributed by atoms with Gasteiger partial charge >= 0.3 is 18.0 Å². The van der Waals surface area contributed by atoms with Crippen LogP contribution in [0.1, 0.15) is 5.56 Å². The van der Waals surface area contributed by atoms with Crippen LogP contribution in [-0.4, -0.2) is 31.7 Å². The normalized spacial score (nSPS) is 12.9. The van der Waals surface area contributed by atoms with Crippen LogP contribution in [-0.2, 0) is 10.7 Å². The van der Waals surface area contributed by atoms with Crippen molar-refractivity contribution in [2.75, 3.05) is 13.7 Å². The number of ether oxygens (including phenoxy) is 1. The van der Waals surface area contributed by atoms with Crippen LogP contribution >= 0.6 is 0 Å². The van der Waals surface area contributed by atoms with Crippen LogP contribution in [0.4, 0.5) is 30.7 Å². The lowest BCUT2D eigenvalue weighted by Crippen LogP contribution is -2.49. The smallest absolute Gasteiger partial charge is 0.455 e. The first-order chi connectivity index (χ1) is 9.91. The van der Waals surface area contributed by atoms with Gasteiger partial charge in [0.05, 0.1) is 13.7 Å². The zero-order valence-electron chi connectivity index (χ0n) is 11.0. The minimum atomic E-state index is -5.95. The molecule has 0 spiro atoms. The molecule has 1 N–H and O–H groups in total. The summed E-state index contributed by atoms with van der Waals surface area (Å²) in [4.78, 5) is 11.2. The average Bonchev–Trinajstić information content (AvgIpc) is 2.43. The van der Waals surface area contributed by atoms with Gasteiger partial charge in [0.2, 0.25) is 0 Å². The summed E-state index contributed by atoms with van der Waals surface area (Å²) in [5.41, 5.74) is -0.874. The van der Waals surface area contributed by atoms with Gasteiger partial charge in [0.25, 0.3) is 5.91 Å². The Morgan fingerprint density at radius 1 is 1.05 bits per heavy atom. The first-order valence-electron chi connectivity index (χ1n) is 5.67. The summed E-state index contributed by atoms with van der Waals surface area (Å²) < 4.78 is 92.9. The second kappa shape index (κ2) is 6.01. The minimum Gasteiger partial charge on any atom is -0.497 e. The lowest BCUT2D eigenvalue weighted by molar-refractivity contribution is -0.279. The molecule has 0 saturated carbocycles. The molecule has 0 heterocycles. The predicted octanol–water partition coefficient (Wildman–Crippen LogP) is 3.10. The van der Waals surface area contributed by atoms with E-state index in [2.05, 4.69) is 0 Å². The van der Waals surface area contributed by atoms with Crippen molar-refractivity contribution in [2.24, 2.45) is 0 Å². The fraction of sp³-hybridized carbons (Fsp3) is 0.417. The lowest BCUT2D eigenvalue weighted by atomic mass is 10.1. The zero-order valence-corrected chi connectivity index (χ0v) is 11.0.